The number of aromatic nitrogens is 2. The van der Waals surface area contributed by atoms with Gasteiger partial charge in [-0.25, -0.2) is 4.98 Å². The average molecular weight is 676 g/mol. The summed E-state index contributed by atoms with van der Waals surface area (Å²) < 4.78 is 24.7. The maximum absolute atomic E-state index is 14.5. The second-order valence-corrected chi connectivity index (χ2v) is 19.9. The molecule has 5 rings (SSSR count). The SMILES string of the molecule is CC(C)N(CCO[Si](C)(C)C(C)(C)C)C(=O)c1nc(CC2(c3ccccc3)CCC3(CC2)OCCO3)nc(O)c1OCc1ccccc1. The molecule has 1 saturated heterocycles. The highest BCUT2D eigenvalue weighted by Gasteiger charge is 2.47. The van der Waals surface area contributed by atoms with Gasteiger partial charge in [0, 0.05) is 37.3 Å². The highest BCUT2D eigenvalue weighted by Crippen LogP contribution is 2.48. The highest BCUT2D eigenvalue weighted by molar-refractivity contribution is 6.74. The van der Waals surface area contributed by atoms with Crippen molar-refractivity contribution in [2.24, 2.45) is 0 Å². The second kappa shape index (κ2) is 14.7. The van der Waals surface area contributed by atoms with Crippen molar-refractivity contribution in [2.75, 3.05) is 26.4 Å². The molecule has 9 nitrogen and oxygen atoms in total. The van der Waals surface area contributed by atoms with Crippen molar-refractivity contribution in [2.45, 2.75) is 109 Å². The summed E-state index contributed by atoms with van der Waals surface area (Å²) in [5.74, 6) is -0.805. The zero-order valence-corrected chi connectivity index (χ0v) is 30.8. The lowest BCUT2D eigenvalue weighted by molar-refractivity contribution is -0.185. The van der Waals surface area contributed by atoms with Crippen LogP contribution in [0.4, 0.5) is 0 Å². The molecule has 0 radical (unpaired) electrons. The zero-order chi connectivity index (χ0) is 34.6. The third kappa shape index (κ3) is 8.10. The van der Waals surface area contributed by atoms with Gasteiger partial charge in [-0.1, -0.05) is 81.4 Å². The Hall–Kier alpha value is -3.31. The predicted molar refractivity (Wildman–Crippen MR) is 189 cm³/mol. The summed E-state index contributed by atoms with van der Waals surface area (Å²) in [6.07, 6.45) is 3.51. The summed E-state index contributed by atoms with van der Waals surface area (Å²) in [5, 5.41) is 11.5. The summed E-state index contributed by atoms with van der Waals surface area (Å²) in [6, 6.07) is 19.9. The van der Waals surface area contributed by atoms with Crippen molar-refractivity contribution in [1.29, 1.82) is 0 Å². The number of benzene rings is 2. The van der Waals surface area contributed by atoms with E-state index in [1.807, 2.05) is 62.4 Å². The third-order valence-electron chi connectivity index (χ3n) is 10.5. The average Bonchev–Trinajstić information content (AvgIpc) is 3.52. The summed E-state index contributed by atoms with van der Waals surface area (Å²) in [4.78, 5) is 25.7. The minimum atomic E-state index is -2.02. The summed E-state index contributed by atoms with van der Waals surface area (Å²) >= 11 is 0. The van der Waals surface area contributed by atoms with E-state index in [0.717, 1.165) is 31.2 Å². The van der Waals surface area contributed by atoms with Gasteiger partial charge >= 0.3 is 0 Å². The van der Waals surface area contributed by atoms with Gasteiger partial charge in [-0.15, -0.1) is 0 Å². The molecule has 10 heteroatoms. The summed E-state index contributed by atoms with van der Waals surface area (Å²) in [5.41, 5.74) is 1.81. The highest BCUT2D eigenvalue weighted by atomic mass is 28.4. The topological polar surface area (TPSA) is 103 Å². The fourth-order valence-corrected chi connectivity index (χ4v) is 7.51. The summed E-state index contributed by atoms with van der Waals surface area (Å²) in [7, 11) is -2.02. The first kappa shape index (κ1) is 36.0. The number of carbonyl (C=O) groups is 1. The van der Waals surface area contributed by atoms with Gasteiger partial charge in [0.15, 0.2) is 19.8 Å². The molecule has 1 aliphatic heterocycles. The Balaban J connectivity index is 1.48. The van der Waals surface area contributed by atoms with Crippen LogP contribution in [0.5, 0.6) is 11.6 Å². The molecular formula is C38H53N3O6Si. The lowest BCUT2D eigenvalue weighted by Crippen LogP contribution is -2.45. The van der Waals surface area contributed by atoms with E-state index < -0.39 is 14.1 Å². The van der Waals surface area contributed by atoms with Crippen LogP contribution < -0.4 is 4.74 Å². The molecule has 1 saturated carbocycles. The normalized spacial score (nSPS) is 17.5. The van der Waals surface area contributed by atoms with Crippen LogP contribution >= 0.6 is 0 Å². The summed E-state index contributed by atoms with van der Waals surface area (Å²) in [6.45, 7) is 17.2. The van der Waals surface area contributed by atoms with Crippen molar-refractivity contribution < 1.29 is 28.5 Å². The standard InChI is InChI=1S/C38H53N3O6Si/c1-28(2)41(22-23-47-48(6,7)36(3,4)5)35(43)32-33(44-27-29-14-10-8-11-15-29)34(42)40-31(39-32)26-37(30-16-12-9-13-17-30)18-20-38(21-19-37)45-24-25-46-38/h8-17,28H,18-27H2,1-7H3,(H,39,40,42). The fourth-order valence-electron chi connectivity index (χ4n) is 6.47. The van der Waals surface area contributed by atoms with Crippen molar-refractivity contribution in [3.05, 3.63) is 83.3 Å². The maximum Gasteiger partial charge on any atom is 0.276 e. The quantitative estimate of drug-likeness (QED) is 0.198. The molecule has 2 fully saturated rings. The van der Waals surface area contributed by atoms with Crippen LogP contribution in [-0.4, -0.2) is 72.4 Å². The van der Waals surface area contributed by atoms with Crippen LogP contribution in [0.3, 0.4) is 0 Å². The number of aromatic hydroxyl groups is 1. The van der Waals surface area contributed by atoms with E-state index in [0.29, 0.717) is 38.6 Å². The van der Waals surface area contributed by atoms with Crippen molar-refractivity contribution >= 4 is 14.2 Å². The van der Waals surface area contributed by atoms with Crippen LogP contribution in [0.2, 0.25) is 18.1 Å². The molecule has 3 aromatic rings. The van der Waals surface area contributed by atoms with Gasteiger partial charge < -0.3 is 28.6 Å². The molecule has 2 aromatic carbocycles. The number of amides is 1. The molecule has 1 aliphatic carbocycles. The molecule has 2 heterocycles. The molecule has 0 unspecified atom stereocenters. The number of ether oxygens (including phenoxy) is 3. The molecule has 1 amide bonds. The molecule has 1 spiro atoms. The molecule has 48 heavy (non-hydrogen) atoms. The Morgan fingerprint density at radius 2 is 1.56 bits per heavy atom. The minimum Gasteiger partial charge on any atom is -0.491 e. The van der Waals surface area contributed by atoms with Gasteiger partial charge in [-0.3, -0.25) is 4.79 Å². The second-order valence-electron chi connectivity index (χ2n) is 15.0. The van der Waals surface area contributed by atoms with E-state index in [4.69, 9.17) is 23.6 Å². The molecular weight excluding hydrogens is 623 g/mol. The van der Waals surface area contributed by atoms with Gasteiger partial charge in [0.05, 0.1) is 19.8 Å². The third-order valence-corrected chi connectivity index (χ3v) is 15.0. The Kier molecular flexibility index (Phi) is 11.0. The minimum absolute atomic E-state index is 0.00678. The van der Waals surface area contributed by atoms with E-state index >= 15 is 0 Å². The van der Waals surface area contributed by atoms with E-state index in [9.17, 15) is 9.90 Å². The van der Waals surface area contributed by atoms with Gasteiger partial charge in [0.1, 0.15) is 12.4 Å². The zero-order valence-electron chi connectivity index (χ0n) is 29.8. The van der Waals surface area contributed by atoms with Gasteiger partial charge in [0.2, 0.25) is 5.75 Å². The van der Waals surface area contributed by atoms with Crippen molar-refractivity contribution in [1.82, 2.24) is 14.9 Å². The molecule has 0 atom stereocenters. The van der Waals surface area contributed by atoms with E-state index in [2.05, 4.69) is 51.0 Å². The number of carbonyl (C=O) groups excluding carboxylic acids is 1. The number of hydrogen-bond donors (Lipinski definition) is 1. The van der Waals surface area contributed by atoms with E-state index in [1.54, 1.807) is 4.90 Å². The smallest absolute Gasteiger partial charge is 0.276 e. The lowest BCUT2D eigenvalue weighted by Gasteiger charge is -2.44. The predicted octanol–water partition coefficient (Wildman–Crippen LogP) is 7.43. The molecule has 2 aliphatic rings. The molecule has 0 bridgehead atoms. The maximum atomic E-state index is 14.5. The lowest BCUT2D eigenvalue weighted by atomic mass is 9.65. The number of hydrogen-bond acceptors (Lipinski definition) is 8. The van der Waals surface area contributed by atoms with Crippen LogP contribution in [0.25, 0.3) is 0 Å². The fraction of sp³-hybridized carbons (Fsp3) is 0.553. The van der Waals surface area contributed by atoms with Crippen LogP contribution in [-0.2, 0) is 32.3 Å². The molecule has 260 valence electrons. The molecule has 1 N–H and O–H groups in total. The van der Waals surface area contributed by atoms with E-state index in [1.165, 1.54) is 5.56 Å². The van der Waals surface area contributed by atoms with Crippen molar-refractivity contribution in [3.8, 4) is 11.6 Å². The van der Waals surface area contributed by atoms with Crippen LogP contribution in [0.15, 0.2) is 60.7 Å². The Labute approximate surface area is 287 Å². The Morgan fingerprint density at radius 3 is 2.15 bits per heavy atom. The van der Waals surface area contributed by atoms with Crippen molar-refractivity contribution in [3.63, 3.8) is 0 Å². The van der Waals surface area contributed by atoms with Gasteiger partial charge in [-0.2, -0.15) is 4.98 Å². The van der Waals surface area contributed by atoms with Gasteiger partial charge in [-0.05, 0) is 55.9 Å². The first-order chi connectivity index (χ1) is 22.7. The Morgan fingerprint density at radius 1 is 0.958 bits per heavy atom. The first-order valence-corrected chi connectivity index (χ1v) is 20.2. The number of nitrogens with zero attached hydrogens (tertiary/aromatic N) is 3. The first-order valence-electron chi connectivity index (χ1n) is 17.3. The van der Waals surface area contributed by atoms with E-state index in [-0.39, 0.29) is 46.3 Å². The largest absolute Gasteiger partial charge is 0.491 e. The number of rotatable bonds is 12. The van der Waals surface area contributed by atoms with Crippen LogP contribution in [0, 0.1) is 0 Å². The van der Waals surface area contributed by atoms with Gasteiger partial charge in [0.25, 0.3) is 11.8 Å². The molecule has 1 aromatic heterocycles. The Bertz CT molecular complexity index is 1510. The monoisotopic (exact) mass is 675 g/mol. The van der Waals surface area contributed by atoms with Crippen LogP contribution in [0.1, 0.15) is 87.7 Å².